The number of aliphatic hydroxyl groups excluding tert-OH is 1. The first-order valence-electron chi connectivity index (χ1n) is 8.05. The zero-order valence-electron chi connectivity index (χ0n) is 13.1. The molecule has 1 aliphatic carbocycles. The smallest absolute Gasteiger partial charge is 0.393 e. The van der Waals surface area contributed by atoms with E-state index in [9.17, 15) is 18.3 Å². The van der Waals surface area contributed by atoms with Gasteiger partial charge in [-0.15, -0.1) is 0 Å². The lowest BCUT2D eigenvalue weighted by Crippen LogP contribution is -2.34. The molecule has 0 spiro atoms. The van der Waals surface area contributed by atoms with E-state index in [0.717, 1.165) is 37.3 Å². The molecule has 1 saturated carbocycles. The third-order valence-electron chi connectivity index (χ3n) is 4.37. The van der Waals surface area contributed by atoms with E-state index in [1.807, 2.05) is 12.1 Å². The zero-order valence-corrected chi connectivity index (χ0v) is 13.1. The van der Waals surface area contributed by atoms with Crippen LogP contribution in [0.25, 0.3) is 5.69 Å². The van der Waals surface area contributed by atoms with Gasteiger partial charge in [-0.3, -0.25) is 0 Å². The van der Waals surface area contributed by atoms with Crippen molar-refractivity contribution >= 4 is 0 Å². The summed E-state index contributed by atoms with van der Waals surface area (Å²) in [4.78, 5) is 0. The molecule has 1 aromatic heterocycles. The van der Waals surface area contributed by atoms with Gasteiger partial charge in [0, 0.05) is 18.8 Å². The maximum Gasteiger partial charge on any atom is 0.435 e. The molecule has 24 heavy (non-hydrogen) atoms. The number of hydrogen-bond acceptors (Lipinski definition) is 3. The standard InChI is InChI=1S/C17H20F3N3O/c18-17(19,20)16-9-10-23(22-16)14-5-1-12(2-6-14)11-21-13-3-7-15(24)8-4-13/h1-2,5-6,9-10,13,15,21,24H,3-4,7-8,11H2. The number of halogens is 3. The van der Waals surface area contributed by atoms with Crippen LogP contribution in [0.15, 0.2) is 36.5 Å². The van der Waals surface area contributed by atoms with E-state index >= 15 is 0 Å². The monoisotopic (exact) mass is 339 g/mol. The average Bonchev–Trinajstić information content (AvgIpc) is 3.05. The van der Waals surface area contributed by atoms with Crippen LogP contribution in [-0.2, 0) is 12.7 Å². The summed E-state index contributed by atoms with van der Waals surface area (Å²) in [5.41, 5.74) is 0.760. The van der Waals surface area contributed by atoms with Gasteiger partial charge in [0.15, 0.2) is 5.69 Å². The highest BCUT2D eigenvalue weighted by molar-refractivity contribution is 5.34. The second kappa shape index (κ2) is 6.94. The minimum Gasteiger partial charge on any atom is -0.393 e. The predicted octanol–water partition coefficient (Wildman–Crippen LogP) is 3.28. The third kappa shape index (κ3) is 4.15. The molecule has 1 aromatic carbocycles. The lowest BCUT2D eigenvalue weighted by molar-refractivity contribution is -0.141. The number of rotatable bonds is 4. The van der Waals surface area contributed by atoms with E-state index in [4.69, 9.17) is 0 Å². The van der Waals surface area contributed by atoms with E-state index in [1.165, 1.54) is 10.9 Å². The molecule has 2 N–H and O–H groups in total. The number of aromatic nitrogens is 2. The molecule has 0 unspecified atom stereocenters. The van der Waals surface area contributed by atoms with Crippen molar-refractivity contribution in [1.82, 2.24) is 15.1 Å². The largest absolute Gasteiger partial charge is 0.435 e. The summed E-state index contributed by atoms with van der Waals surface area (Å²) in [5.74, 6) is 0. The number of benzene rings is 1. The Morgan fingerprint density at radius 3 is 2.33 bits per heavy atom. The highest BCUT2D eigenvalue weighted by atomic mass is 19.4. The normalized spacial score (nSPS) is 21.8. The summed E-state index contributed by atoms with van der Waals surface area (Å²) in [6.45, 7) is 0.702. The van der Waals surface area contributed by atoms with E-state index < -0.39 is 11.9 Å². The van der Waals surface area contributed by atoms with Gasteiger partial charge >= 0.3 is 6.18 Å². The van der Waals surface area contributed by atoms with E-state index in [0.29, 0.717) is 18.3 Å². The van der Waals surface area contributed by atoms with Crippen molar-refractivity contribution in [3.63, 3.8) is 0 Å². The van der Waals surface area contributed by atoms with E-state index in [1.54, 1.807) is 12.1 Å². The van der Waals surface area contributed by atoms with Crippen LogP contribution < -0.4 is 5.32 Å². The fraction of sp³-hybridized carbons (Fsp3) is 0.471. The second-order valence-corrected chi connectivity index (χ2v) is 6.20. The Bertz CT molecular complexity index is 658. The van der Waals surface area contributed by atoms with Crippen LogP contribution in [0.3, 0.4) is 0 Å². The Hall–Kier alpha value is -1.86. The Morgan fingerprint density at radius 2 is 1.75 bits per heavy atom. The Balaban J connectivity index is 1.58. The molecule has 0 aliphatic heterocycles. The zero-order chi connectivity index (χ0) is 17.2. The van der Waals surface area contributed by atoms with Gasteiger partial charge in [0.1, 0.15) is 0 Å². The van der Waals surface area contributed by atoms with Crippen molar-refractivity contribution in [2.24, 2.45) is 0 Å². The van der Waals surface area contributed by atoms with Crippen LogP contribution in [-0.4, -0.2) is 27.0 Å². The van der Waals surface area contributed by atoms with Gasteiger partial charge in [-0.2, -0.15) is 18.3 Å². The minimum atomic E-state index is -4.43. The molecule has 0 radical (unpaired) electrons. The van der Waals surface area contributed by atoms with Gasteiger partial charge in [0.2, 0.25) is 0 Å². The first-order valence-corrected chi connectivity index (χ1v) is 8.05. The summed E-state index contributed by atoms with van der Waals surface area (Å²) in [6, 6.07) is 8.66. The predicted molar refractivity (Wildman–Crippen MR) is 83.7 cm³/mol. The summed E-state index contributed by atoms with van der Waals surface area (Å²) in [7, 11) is 0. The number of nitrogens with zero attached hydrogens (tertiary/aromatic N) is 2. The number of nitrogens with one attached hydrogen (secondary N) is 1. The highest BCUT2D eigenvalue weighted by Gasteiger charge is 2.33. The molecular weight excluding hydrogens is 319 g/mol. The maximum absolute atomic E-state index is 12.6. The van der Waals surface area contributed by atoms with Crippen molar-refractivity contribution in [3.8, 4) is 5.69 Å². The van der Waals surface area contributed by atoms with Gasteiger partial charge in [-0.05, 0) is 49.4 Å². The fourth-order valence-corrected chi connectivity index (χ4v) is 2.93. The summed E-state index contributed by atoms with van der Waals surface area (Å²) in [5, 5.41) is 16.5. The quantitative estimate of drug-likeness (QED) is 0.899. The second-order valence-electron chi connectivity index (χ2n) is 6.20. The van der Waals surface area contributed by atoms with Crippen LogP contribution in [0, 0.1) is 0 Å². The van der Waals surface area contributed by atoms with Crippen molar-refractivity contribution in [3.05, 3.63) is 47.8 Å². The third-order valence-corrected chi connectivity index (χ3v) is 4.37. The van der Waals surface area contributed by atoms with Gasteiger partial charge in [-0.1, -0.05) is 12.1 Å². The Labute approximate surface area is 138 Å². The van der Waals surface area contributed by atoms with Gasteiger partial charge in [-0.25, -0.2) is 4.68 Å². The maximum atomic E-state index is 12.6. The summed E-state index contributed by atoms with van der Waals surface area (Å²) >= 11 is 0. The summed E-state index contributed by atoms with van der Waals surface area (Å²) < 4.78 is 39.0. The lowest BCUT2D eigenvalue weighted by atomic mass is 9.93. The fourth-order valence-electron chi connectivity index (χ4n) is 2.93. The van der Waals surface area contributed by atoms with E-state index in [2.05, 4.69) is 10.4 Å². The molecule has 7 heteroatoms. The molecule has 1 fully saturated rings. The molecule has 0 bridgehead atoms. The highest BCUT2D eigenvalue weighted by Crippen LogP contribution is 2.28. The van der Waals surface area contributed by atoms with Crippen LogP contribution in [0.1, 0.15) is 36.9 Å². The van der Waals surface area contributed by atoms with Gasteiger partial charge in [0.05, 0.1) is 11.8 Å². The molecule has 130 valence electrons. The molecule has 1 aliphatic rings. The van der Waals surface area contributed by atoms with Crippen LogP contribution in [0.2, 0.25) is 0 Å². The first-order chi connectivity index (χ1) is 11.4. The molecule has 0 atom stereocenters. The number of hydrogen-bond donors (Lipinski definition) is 2. The van der Waals surface area contributed by atoms with Crippen molar-refractivity contribution < 1.29 is 18.3 Å². The number of alkyl halides is 3. The van der Waals surface area contributed by atoms with Crippen LogP contribution in [0.4, 0.5) is 13.2 Å². The molecule has 3 rings (SSSR count). The SMILES string of the molecule is OC1CCC(NCc2ccc(-n3ccc(C(F)(F)F)n3)cc2)CC1. The van der Waals surface area contributed by atoms with E-state index in [-0.39, 0.29) is 6.10 Å². The molecule has 2 aromatic rings. The Morgan fingerprint density at radius 1 is 1.08 bits per heavy atom. The average molecular weight is 339 g/mol. The van der Waals surface area contributed by atoms with Gasteiger partial charge < -0.3 is 10.4 Å². The van der Waals surface area contributed by atoms with Crippen molar-refractivity contribution in [2.45, 2.75) is 50.6 Å². The van der Waals surface area contributed by atoms with Crippen molar-refractivity contribution in [2.75, 3.05) is 0 Å². The molecule has 0 amide bonds. The molecule has 4 nitrogen and oxygen atoms in total. The van der Waals surface area contributed by atoms with Gasteiger partial charge in [0.25, 0.3) is 0 Å². The number of aliphatic hydroxyl groups is 1. The van der Waals surface area contributed by atoms with Crippen LogP contribution >= 0.6 is 0 Å². The molecule has 0 saturated heterocycles. The summed E-state index contributed by atoms with van der Waals surface area (Å²) in [6.07, 6.45) is 0.304. The Kier molecular flexibility index (Phi) is 4.91. The first kappa shape index (κ1) is 17.0. The minimum absolute atomic E-state index is 0.169. The molecular formula is C17H20F3N3O. The topological polar surface area (TPSA) is 50.1 Å². The lowest BCUT2D eigenvalue weighted by Gasteiger charge is -2.26. The molecule has 1 heterocycles. The van der Waals surface area contributed by atoms with Crippen LogP contribution in [0.5, 0.6) is 0 Å². The van der Waals surface area contributed by atoms with Crippen molar-refractivity contribution in [1.29, 1.82) is 0 Å².